The van der Waals surface area contributed by atoms with E-state index in [1.54, 1.807) is 0 Å². The largest absolute Gasteiger partial charge is 0.468 e. The number of aryl methyl sites for hydroxylation is 1. The van der Waals surface area contributed by atoms with Crippen LogP contribution in [0, 0.1) is 0 Å². The molecule has 0 saturated carbocycles. The van der Waals surface area contributed by atoms with Crippen LogP contribution in [-0.4, -0.2) is 32.3 Å². The fraction of sp³-hybridized carbons (Fsp3) is 0.462. The van der Waals surface area contributed by atoms with Gasteiger partial charge in [0.2, 0.25) is 0 Å². The molecule has 0 saturated heterocycles. The van der Waals surface area contributed by atoms with E-state index < -0.39 is 12.0 Å². The summed E-state index contributed by atoms with van der Waals surface area (Å²) in [6.45, 7) is 0.807. The maximum Gasteiger partial charge on any atom is 0.325 e. The maximum absolute atomic E-state index is 11.0. The quantitative estimate of drug-likeness (QED) is 0.570. The van der Waals surface area contributed by atoms with Crippen LogP contribution in [0.5, 0.6) is 0 Å². The average molecular weight is 237 g/mol. The summed E-state index contributed by atoms with van der Waals surface area (Å²) in [5.41, 5.74) is 6.81. The molecular weight excluding hydrogens is 218 g/mol. The number of carbonyl (C=O) groups excluding carboxylic acids is 1. The fourth-order valence-corrected chi connectivity index (χ4v) is 1.45. The van der Waals surface area contributed by atoms with Gasteiger partial charge in [0, 0.05) is 6.61 Å². The minimum absolute atomic E-state index is 0.210. The lowest BCUT2D eigenvalue weighted by atomic mass is 10.1. The first kappa shape index (κ1) is 13.7. The van der Waals surface area contributed by atoms with E-state index in [1.165, 1.54) is 12.7 Å². The predicted octanol–water partition coefficient (Wildman–Crippen LogP) is 1.14. The summed E-state index contributed by atoms with van der Waals surface area (Å²) in [5, 5.41) is 0. The highest BCUT2D eigenvalue weighted by atomic mass is 16.5. The third kappa shape index (κ3) is 5.47. The minimum atomic E-state index is -0.684. The van der Waals surface area contributed by atoms with Crippen LogP contribution in [0.3, 0.4) is 0 Å². The van der Waals surface area contributed by atoms with Crippen molar-refractivity contribution in [3.8, 4) is 0 Å². The Hall–Kier alpha value is -1.39. The lowest BCUT2D eigenvalue weighted by molar-refractivity contribution is -0.143. The normalized spacial score (nSPS) is 12.1. The molecule has 1 unspecified atom stereocenters. The van der Waals surface area contributed by atoms with Gasteiger partial charge < -0.3 is 15.2 Å². The van der Waals surface area contributed by atoms with Gasteiger partial charge in [-0.05, 0) is 18.4 Å². The number of ether oxygens (including phenoxy) is 2. The van der Waals surface area contributed by atoms with Crippen LogP contribution in [0.4, 0.5) is 0 Å². The van der Waals surface area contributed by atoms with Crippen LogP contribution in [0.15, 0.2) is 30.3 Å². The van der Waals surface area contributed by atoms with E-state index >= 15 is 0 Å². The van der Waals surface area contributed by atoms with Gasteiger partial charge in [0.25, 0.3) is 0 Å². The summed E-state index contributed by atoms with van der Waals surface area (Å²) in [6.07, 6.45) is 1.88. The molecular formula is C13H19NO3. The molecule has 0 radical (unpaired) electrons. The average Bonchev–Trinajstić information content (AvgIpc) is 2.38. The molecule has 4 nitrogen and oxygen atoms in total. The van der Waals surface area contributed by atoms with E-state index in [9.17, 15) is 4.79 Å². The molecule has 17 heavy (non-hydrogen) atoms. The number of hydrogen-bond donors (Lipinski definition) is 1. The molecule has 0 heterocycles. The van der Waals surface area contributed by atoms with Crippen LogP contribution >= 0.6 is 0 Å². The first-order valence-electron chi connectivity index (χ1n) is 5.69. The van der Waals surface area contributed by atoms with Gasteiger partial charge in [-0.1, -0.05) is 30.3 Å². The molecule has 0 aliphatic heterocycles. The van der Waals surface area contributed by atoms with E-state index in [2.05, 4.69) is 16.9 Å². The van der Waals surface area contributed by atoms with Crippen LogP contribution in [-0.2, 0) is 20.7 Å². The smallest absolute Gasteiger partial charge is 0.325 e. The molecule has 4 heteroatoms. The lowest BCUT2D eigenvalue weighted by Crippen LogP contribution is -2.36. The van der Waals surface area contributed by atoms with Crippen LogP contribution in [0.25, 0.3) is 0 Å². The molecule has 0 fully saturated rings. The van der Waals surface area contributed by atoms with Crippen LogP contribution in [0.2, 0.25) is 0 Å². The summed E-state index contributed by atoms with van der Waals surface area (Å²) in [4.78, 5) is 11.0. The number of rotatable bonds is 7. The van der Waals surface area contributed by atoms with Gasteiger partial charge >= 0.3 is 5.97 Å². The van der Waals surface area contributed by atoms with Crippen molar-refractivity contribution >= 4 is 5.97 Å². The molecule has 1 rings (SSSR count). The zero-order valence-electron chi connectivity index (χ0n) is 10.1. The summed E-state index contributed by atoms with van der Waals surface area (Å²) in [6, 6.07) is 9.51. The summed E-state index contributed by atoms with van der Waals surface area (Å²) >= 11 is 0. The van der Waals surface area contributed by atoms with Gasteiger partial charge in [-0.15, -0.1) is 0 Å². The van der Waals surface area contributed by atoms with E-state index in [1.807, 2.05) is 18.2 Å². The Morgan fingerprint density at radius 2 is 2.06 bits per heavy atom. The topological polar surface area (TPSA) is 61.5 Å². The fourth-order valence-electron chi connectivity index (χ4n) is 1.45. The SMILES string of the molecule is COC(=O)C(N)COCCCc1ccccc1. The number of benzene rings is 1. The van der Waals surface area contributed by atoms with Crippen LogP contribution < -0.4 is 5.73 Å². The van der Waals surface area contributed by atoms with Gasteiger partial charge in [-0.3, -0.25) is 4.79 Å². The summed E-state index contributed by atoms with van der Waals surface area (Å²) in [5.74, 6) is -0.437. The van der Waals surface area contributed by atoms with Gasteiger partial charge in [0.15, 0.2) is 0 Å². The second-order valence-corrected chi connectivity index (χ2v) is 3.79. The third-order valence-corrected chi connectivity index (χ3v) is 2.40. The van der Waals surface area contributed by atoms with Crippen molar-refractivity contribution in [2.24, 2.45) is 5.73 Å². The van der Waals surface area contributed by atoms with Gasteiger partial charge in [0.05, 0.1) is 13.7 Å². The van der Waals surface area contributed by atoms with Crippen molar-refractivity contribution in [1.29, 1.82) is 0 Å². The first-order valence-corrected chi connectivity index (χ1v) is 5.69. The highest BCUT2D eigenvalue weighted by Crippen LogP contribution is 2.02. The van der Waals surface area contributed by atoms with Crippen molar-refractivity contribution in [2.75, 3.05) is 20.3 Å². The Morgan fingerprint density at radius 1 is 1.35 bits per heavy atom. The molecule has 94 valence electrons. The highest BCUT2D eigenvalue weighted by molar-refractivity contribution is 5.75. The van der Waals surface area contributed by atoms with Gasteiger partial charge in [0.1, 0.15) is 6.04 Å². The van der Waals surface area contributed by atoms with E-state index in [4.69, 9.17) is 10.5 Å². The molecule has 1 atom stereocenters. The molecule has 0 aromatic heterocycles. The molecule has 0 amide bonds. The Balaban J connectivity index is 2.07. The predicted molar refractivity (Wildman–Crippen MR) is 65.6 cm³/mol. The Kier molecular flexibility index (Phi) is 6.29. The number of methoxy groups -OCH3 is 1. The second kappa shape index (κ2) is 7.81. The van der Waals surface area contributed by atoms with Gasteiger partial charge in [-0.2, -0.15) is 0 Å². The van der Waals surface area contributed by atoms with E-state index in [0.717, 1.165) is 12.8 Å². The summed E-state index contributed by atoms with van der Waals surface area (Å²) < 4.78 is 9.81. The monoisotopic (exact) mass is 237 g/mol. The zero-order chi connectivity index (χ0) is 12.5. The van der Waals surface area contributed by atoms with E-state index in [0.29, 0.717) is 6.61 Å². The number of nitrogens with two attached hydrogens (primary N) is 1. The van der Waals surface area contributed by atoms with Crippen molar-refractivity contribution < 1.29 is 14.3 Å². The van der Waals surface area contributed by atoms with Crippen molar-refractivity contribution in [3.05, 3.63) is 35.9 Å². The first-order chi connectivity index (χ1) is 8.24. The molecule has 1 aromatic carbocycles. The minimum Gasteiger partial charge on any atom is -0.468 e. The second-order valence-electron chi connectivity index (χ2n) is 3.79. The Morgan fingerprint density at radius 3 is 2.71 bits per heavy atom. The third-order valence-electron chi connectivity index (χ3n) is 2.40. The number of esters is 1. The molecule has 0 aliphatic rings. The van der Waals surface area contributed by atoms with Gasteiger partial charge in [-0.25, -0.2) is 0 Å². The molecule has 0 bridgehead atoms. The Bertz CT molecular complexity index is 327. The molecule has 2 N–H and O–H groups in total. The van der Waals surface area contributed by atoms with Crippen molar-refractivity contribution in [3.63, 3.8) is 0 Å². The van der Waals surface area contributed by atoms with Crippen LogP contribution in [0.1, 0.15) is 12.0 Å². The Labute approximate surface area is 102 Å². The van der Waals surface area contributed by atoms with Crippen molar-refractivity contribution in [1.82, 2.24) is 0 Å². The highest BCUT2D eigenvalue weighted by Gasteiger charge is 2.12. The molecule has 0 aliphatic carbocycles. The zero-order valence-corrected chi connectivity index (χ0v) is 10.1. The molecule has 0 spiro atoms. The molecule has 1 aromatic rings. The summed E-state index contributed by atoms with van der Waals surface area (Å²) in [7, 11) is 1.32. The standard InChI is InChI=1S/C13H19NO3/c1-16-13(15)12(14)10-17-9-5-8-11-6-3-2-4-7-11/h2-4,6-7,12H,5,8-10,14H2,1H3. The van der Waals surface area contributed by atoms with E-state index in [-0.39, 0.29) is 6.61 Å². The lowest BCUT2D eigenvalue weighted by Gasteiger charge is -2.09. The number of hydrogen-bond acceptors (Lipinski definition) is 4. The maximum atomic E-state index is 11.0. The van der Waals surface area contributed by atoms with Crippen molar-refractivity contribution in [2.45, 2.75) is 18.9 Å². The number of carbonyl (C=O) groups is 1.